The van der Waals surface area contributed by atoms with Gasteiger partial charge in [0.1, 0.15) is 5.82 Å². The molecule has 6 nitrogen and oxygen atoms in total. The number of nitrogens with zero attached hydrogens (tertiary/aromatic N) is 4. The standard InChI is InChI=1S/C14H20FN5O/c1-10-6-12(7-11(2)14(10)15)9-20-13(17-18-19-20)8-16-4-5-21-3/h6-7,16H,4-5,8-9H2,1-3H3. The number of hydrogen-bond acceptors (Lipinski definition) is 5. The van der Waals surface area contributed by atoms with Crippen molar-refractivity contribution in [3.63, 3.8) is 0 Å². The highest BCUT2D eigenvalue weighted by Gasteiger charge is 2.09. The highest BCUT2D eigenvalue weighted by atomic mass is 19.1. The number of methoxy groups -OCH3 is 1. The van der Waals surface area contributed by atoms with Gasteiger partial charge in [0.2, 0.25) is 0 Å². The summed E-state index contributed by atoms with van der Waals surface area (Å²) in [5.74, 6) is 0.586. The molecule has 0 amide bonds. The summed E-state index contributed by atoms with van der Waals surface area (Å²) in [5, 5.41) is 14.9. The second-order valence-electron chi connectivity index (χ2n) is 4.97. The summed E-state index contributed by atoms with van der Waals surface area (Å²) >= 11 is 0. The molecule has 0 aliphatic rings. The Labute approximate surface area is 123 Å². The molecule has 1 N–H and O–H groups in total. The van der Waals surface area contributed by atoms with E-state index < -0.39 is 0 Å². The van der Waals surface area contributed by atoms with Crippen LogP contribution < -0.4 is 5.32 Å². The largest absolute Gasteiger partial charge is 0.383 e. The molecule has 7 heteroatoms. The summed E-state index contributed by atoms with van der Waals surface area (Å²) in [6, 6.07) is 3.65. The van der Waals surface area contributed by atoms with Crippen LogP contribution in [0.4, 0.5) is 4.39 Å². The summed E-state index contributed by atoms with van der Waals surface area (Å²) < 4.78 is 20.3. The maximum absolute atomic E-state index is 13.6. The van der Waals surface area contributed by atoms with Crippen LogP contribution in [0.5, 0.6) is 0 Å². The number of tetrazole rings is 1. The first-order valence-electron chi connectivity index (χ1n) is 6.82. The normalized spacial score (nSPS) is 11.0. The molecule has 21 heavy (non-hydrogen) atoms. The molecule has 0 saturated carbocycles. The van der Waals surface area contributed by atoms with Gasteiger partial charge >= 0.3 is 0 Å². The number of ether oxygens (including phenoxy) is 1. The minimum Gasteiger partial charge on any atom is -0.383 e. The number of benzene rings is 1. The van der Waals surface area contributed by atoms with E-state index in [1.165, 1.54) is 0 Å². The van der Waals surface area contributed by atoms with Gasteiger partial charge in [-0.3, -0.25) is 0 Å². The van der Waals surface area contributed by atoms with Gasteiger partial charge in [-0.2, -0.15) is 0 Å². The Morgan fingerprint density at radius 3 is 2.67 bits per heavy atom. The predicted molar refractivity (Wildman–Crippen MR) is 76.4 cm³/mol. The van der Waals surface area contributed by atoms with Crippen LogP contribution in [-0.4, -0.2) is 40.5 Å². The zero-order chi connectivity index (χ0) is 15.2. The van der Waals surface area contributed by atoms with Crippen molar-refractivity contribution < 1.29 is 9.13 Å². The lowest BCUT2D eigenvalue weighted by Crippen LogP contribution is -2.21. The number of rotatable bonds is 7. The molecule has 0 atom stereocenters. The number of hydrogen-bond donors (Lipinski definition) is 1. The lowest BCUT2D eigenvalue weighted by atomic mass is 10.1. The molecule has 0 saturated heterocycles. The molecule has 2 rings (SSSR count). The van der Waals surface area contributed by atoms with Crippen LogP contribution in [0, 0.1) is 19.7 Å². The Morgan fingerprint density at radius 1 is 1.29 bits per heavy atom. The van der Waals surface area contributed by atoms with Crippen LogP contribution in [0.25, 0.3) is 0 Å². The van der Waals surface area contributed by atoms with Crippen LogP contribution in [-0.2, 0) is 17.8 Å². The van der Waals surface area contributed by atoms with Crippen molar-refractivity contribution in [3.05, 3.63) is 40.5 Å². The zero-order valence-corrected chi connectivity index (χ0v) is 12.6. The van der Waals surface area contributed by atoms with Gasteiger partial charge in [-0.1, -0.05) is 12.1 Å². The molecule has 114 valence electrons. The fraction of sp³-hybridized carbons (Fsp3) is 0.500. The summed E-state index contributed by atoms with van der Waals surface area (Å²) in [7, 11) is 1.66. The first-order chi connectivity index (χ1) is 10.1. The number of aromatic nitrogens is 4. The number of nitrogens with one attached hydrogen (secondary N) is 1. The highest BCUT2D eigenvalue weighted by molar-refractivity contribution is 5.30. The van der Waals surface area contributed by atoms with Gasteiger partial charge in [0.15, 0.2) is 5.82 Å². The third kappa shape index (κ3) is 4.05. The van der Waals surface area contributed by atoms with Crippen LogP contribution in [0.15, 0.2) is 12.1 Å². The number of aryl methyl sites for hydroxylation is 2. The molecule has 1 heterocycles. The molecular weight excluding hydrogens is 273 g/mol. The molecular formula is C14H20FN5O. The van der Waals surface area contributed by atoms with Crippen LogP contribution in [0.3, 0.4) is 0 Å². The average molecular weight is 293 g/mol. The second kappa shape index (κ2) is 7.24. The SMILES string of the molecule is COCCNCc1nnnn1Cc1cc(C)c(F)c(C)c1. The van der Waals surface area contributed by atoms with Gasteiger partial charge in [-0.15, -0.1) is 5.10 Å². The fourth-order valence-corrected chi connectivity index (χ4v) is 2.15. The Bertz CT molecular complexity index is 576. The second-order valence-corrected chi connectivity index (χ2v) is 4.97. The average Bonchev–Trinajstić information content (AvgIpc) is 2.88. The lowest BCUT2D eigenvalue weighted by molar-refractivity contribution is 0.198. The first kappa shape index (κ1) is 15.5. The van der Waals surface area contributed by atoms with Gasteiger partial charge in [-0.05, 0) is 41.0 Å². The third-order valence-electron chi connectivity index (χ3n) is 3.20. The molecule has 0 fully saturated rings. The monoisotopic (exact) mass is 293 g/mol. The van der Waals surface area contributed by atoms with Crippen molar-refractivity contribution in [2.24, 2.45) is 0 Å². The van der Waals surface area contributed by atoms with Crippen molar-refractivity contribution in [1.82, 2.24) is 25.5 Å². The van der Waals surface area contributed by atoms with E-state index >= 15 is 0 Å². The molecule has 0 bridgehead atoms. The van der Waals surface area contributed by atoms with Crippen molar-refractivity contribution in [3.8, 4) is 0 Å². The van der Waals surface area contributed by atoms with Crippen molar-refractivity contribution in [1.29, 1.82) is 0 Å². The molecule has 0 aliphatic heterocycles. The number of halogens is 1. The Kier molecular flexibility index (Phi) is 5.35. The van der Waals surface area contributed by atoms with Crippen LogP contribution >= 0.6 is 0 Å². The smallest absolute Gasteiger partial charge is 0.165 e. The third-order valence-corrected chi connectivity index (χ3v) is 3.20. The molecule has 0 unspecified atom stereocenters. The van der Waals surface area contributed by atoms with Crippen LogP contribution in [0.2, 0.25) is 0 Å². The molecule has 1 aromatic heterocycles. The lowest BCUT2D eigenvalue weighted by Gasteiger charge is -2.09. The molecule has 0 spiro atoms. The van der Waals surface area contributed by atoms with E-state index in [0.717, 1.165) is 17.9 Å². The van der Waals surface area contributed by atoms with E-state index in [9.17, 15) is 4.39 Å². The quantitative estimate of drug-likeness (QED) is 0.777. The van der Waals surface area contributed by atoms with Gasteiger partial charge in [0.05, 0.1) is 19.7 Å². The molecule has 0 aliphatic carbocycles. The van der Waals surface area contributed by atoms with E-state index in [1.807, 2.05) is 12.1 Å². The van der Waals surface area contributed by atoms with Crippen molar-refractivity contribution in [2.45, 2.75) is 26.9 Å². The summed E-state index contributed by atoms with van der Waals surface area (Å²) in [4.78, 5) is 0. The Balaban J connectivity index is 2.05. The van der Waals surface area contributed by atoms with Gasteiger partial charge in [-0.25, -0.2) is 9.07 Å². The van der Waals surface area contributed by atoms with Crippen molar-refractivity contribution >= 4 is 0 Å². The van der Waals surface area contributed by atoms with E-state index in [-0.39, 0.29) is 5.82 Å². The Morgan fingerprint density at radius 2 is 2.00 bits per heavy atom. The topological polar surface area (TPSA) is 64.9 Å². The van der Waals surface area contributed by atoms with Gasteiger partial charge < -0.3 is 10.1 Å². The molecule has 0 radical (unpaired) electrons. The van der Waals surface area contributed by atoms with E-state index in [2.05, 4.69) is 20.8 Å². The first-order valence-corrected chi connectivity index (χ1v) is 6.82. The minimum absolute atomic E-state index is 0.156. The van der Waals surface area contributed by atoms with E-state index in [4.69, 9.17) is 4.74 Å². The summed E-state index contributed by atoms with van der Waals surface area (Å²) in [6.45, 7) is 5.99. The molecule has 2 aromatic rings. The van der Waals surface area contributed by atoms with Gasteiger partial charge in [0.25, 0.3) is 0 Å². The molecule has 1 aromatic carbocycles. The zero-order valence-electron chi connectivity index (χ0n) is 12.6. The van der Waals surface area contributed by atoms with Crippen molar-refractivity contribution in [2.75, 3.05) is 20.3 Å². The fourth-order valence-electron chi connectivity index (χ4n) is 2.15. The summed E-state index contributed by atoms with van der Waals surface area (Å²) in [5.41, 5.74) is 2.26. The summed E-state index contributed by atoms with van der Waals surface area (Å²) in [6.07, 6.45) is 0. The predicted octanol–water partition coefficient (Wildman–Crippen LogP) is 1.21. The van der Waals surface area contributed by atoms with Gasteiger partial charge in [0, 0.05) is 13.7 Å². The minimum atomic E-state index is -0.156. The van der Waals surface area contributed by atoms with E-state index in [1.54, 1.807) is 25.6 Å². The van der Waals surface area contributed by atoms with E-state index in [0.29, 0.717) is 30.8 Å². The highest BCUT2D eigenvalue weighted by Crippen LogP contribution is 2.15. The Hall–Kier alpha value is -1.86. The maximum Gasteiger partial charge on any atom is 0.165 e. The van der Waals surface area contributed by atoms with Crippen LogP contribution in [0.1, 0.15) is 22.5 Å². The maximum atomic E-state index is 13.6.